The van der Waals surface area contributed by atoms with Gasteiger partial charge in [-0.05, 0) is 23.8 Å². The average molecular weight is 380 g/mol. The van der Waals surface area contributed by atoms with Crippen molar-refractivity contribution in [1.29, 1.82) is 0 Å². The number of benzene rings is 1. The predicted octanol–water partition coefficient (Wildman–Crippen LogP) is -0.0868. The molecule has 138 valence electrons. The predicted molar refractivity (Wildman–Crippen MR) is 94.5 cm³/mol. The van der Waals surface area contributed by atoms with Crippen LogP contribution in [0.5, 0.6) is 11.5 Å². The zero-order valence-corrected chi connectivity index (χ0v) is 14.4. The van der Waals surface area contributed by atoms with Crippen LogP contribution in [0.3, 0.4) is 0 Å². The van der Waals surface area contributed by atoms with Gasteiger partial charge in [0.15, 0.2) is 16.7 Å². The van der Waals surface area contributed by atoms with Crippen LogP contribution in [0.1, 0.15) is 12.0 Å². The number of aromatic hydroxyl groups is 1. The number of ether oxygens (including phenoxy) is 1. The van der Waals surface area contributed by atoms with Crippen molar-refractivity contribution in [3.8, 4) is 11.5 Å². The van der Waals surface area contributed by atoms with E-state index < -0.39 is 29.6 Å². The summed E-state index contributed by atoms with van der Waals surface area (Å²) in [6.45, 7) is -0.501. The number of carbonyl (C=O) groups is 3. The van der Waals surface area contributed by atoms with Crippen molar-refractivity contribution in [3.05, 3.63) is 23.8 Å². The van der Waals surface area contributed by atoms with Crippen LogP contribution in [-0.2, 0) is 14.4 Å². The molecule has 1 aliphatic heterocycles. The van der Waals surface area contributed by atoms with E-state index in [-0.39, 0.29) is 23.1 Å². The van der Waals surface area contributed by atoms with Crippen LogP contribution in [-0.4, -0.2) is 58.3 Å². The molecule has 0 saturated carbocycles. The number of phenols is 1. The Morgan fingerprint density at radius 1 is 1.46 bits per heavy atom. The number of carboxylic acids is 1. The normalized spacial score (nSPS) is 18.1. The summed E-state index contributed by atoms with van der Waals surface area (Å²) in [6.07, 6.45) is 1.25. The fraction of sp³-hybridized carbons (Fsp3) is 0.267. The van der Waals surface area contributed by atoms with Gasteiger partial charge in [-0.1, -0.05) is 11.8 Å². The summed E-state index contributed by atoms with van der Waals surface area (Å²) in [4.78, 5) is 33.8. The van der Waals surface area contributed by atoms with Crippen LogP contribution in [0.4, 0.5) is 0 Å². The molecule has 1 saturated heterocycles. The fourth-order valence-corrected chi connectivity index (χ4v) is 2.85. The van der Waals surface area contributed by atoms with E-state index in [1.807, 2.05) is 0 Å². The minimum atomic E-state index is -1.16. The number of hydrogen-bond acceptors (Lipinski definition) is 8. The van der Waals surface area contributed by atoms with Crippen LogP contribution >= 0.6 is 11.8 Å². The number of nitrogens with zero attached hydrogens (tertiary/aromatic N) is 2. The molecule has 1 atom stereocenters. The molecule has 0 aliphatic carbocycles. The molecule has 2 amide bonds. The number of methoxy groups -OCH3 is 1. The summed E-state index contributed by atoms with van der Waals surface area (Å²) in [5.74, 6) is -1.82. The Labute approximate surface area is 152 Å². The van der Waals surface area contributed by atoms with Gasteiger partial charge in [0.1, 0.15) is 11.8 Å². The minimum Gasteiger partial charge on any atom is -0.504 e. The second-order valence-corrected chi connectivity index (χ2v) is 6.24. The molecule has 10 nitrogen and oxygen atoms in total. The molecule has 1 aromatic rings. The highest BCUT2D eigenvalue weighted by molar-refractivity contribution is 8.15. The molecule has 11 heteroatoms. The zero-order valence-electron chi connectivity index (χ0n) is 13.6. The van der Waals surface area contributed by atoms with E-state index in [9.17, 15) is 19.5 Å². The molecular weight excluding hydrogens is 364 g/mol. The van der Waals surface area contributed by atoms with E-state index in [1.54, 1.807) is 12.1 Å². The lowest BCUT2D eigenvalue weighted by Gasteiger charge is -2.04. The summed E-state index contributed by atoms with van der Waals surface area (Å²) in [5.41, 5.74) is 0.628. The number of amides is 2. The number of phenolic OH excluding ortho intramolecular Hbond substituents is 1. The topological polar surface area (TPSA) is 150 Å². The van der Waals surface area contributed by atoms with E-state index in [2.05, 4.69) is 20.8 Å². The van der Waals surface area contributed by atoms with E-state index in [0.29, 0.717) is 5.56 Å². The largest absolute Gasteiger partial charge is 0.504 e. The van der Waals surface area contributed by atoms with Crippen molar-refractivity contribution in [2.75, 3.05) is 13.7 Å². The van der Waals surface area contributed by atoms with Gasteiger partial charge in [0.05, 0.1) is 13.3 Å². The maximum absolute atomic E-state index is 11.8. The van der Waals surface area contributed by atoms with E-state index in [0.717, 1.165) is 11.8 Å². The Kier molecular flexibility index (Phi) is 6.55. The molecular formula is C15H16N4O6S. The molecule has 1 fully saturated rings. The van der Waals surface area contributed by atoms with Gasteiger partial charge in [0.2, 0.25) is 11.8 Å². The third kappa shape index (κ3) is 5.48. The molecule has 0 bridgehead atoms. The number of carbonyl (C=O) groups excluding carboxylic acids is 2. The Balaban J connectivity index is 1.93. The number of rotatable bonds is 7. The number of amidine groups is 1. The summed E-state index contributed by atoms with van der Waals surface area (Å²) in [7, 11) is 1.42. The van der Waals surface area contributed by atoms with Gasteiger partial charge in [-0.25, -0.2) is 0 Å². The minimum absolute atomic E-state index is 0.00130. The first kappa shape index (κ1) is 19.2. The van der Waals surface area contributed by atoms with Gasteiger partial charge in [-0.2, -0.15) is 5.10 Å². The van der Waals surface area contributed by atoms with Gasteiger partial charge in [0.25, 0.3) is 0 Å². The average Bonchev–Trinajstić information content (AvgIpc) is 2.94. The van der Waals surface area contributed by atoms with Crippen molar-refractivity contribution < 1.29 is 29.3 Å². The Bertz CT molecular complexity index is 779. The molecule has 26 heavy (non-hydrogen) atoms. The van der Waals surface area contributed by atoms with Crippen LogP contribution in [0.25, 0.3) is 0 Å². The van der Waals surface area contributed by atoms with Crippen LogP contribution in [0.2, 0.25) is 0 Å². The maximum atomic E-state index is 11.8. The maximum Gasteiger partial charge on any atom is 0.322 e. The quantitative estimate of drug-likeness (QED) is 0.381. The van der Waals surface area contributed by atoms with Crippen LogP contribution in [0.15, 0.2) is 28.4 Å². The first-order valence-electron chi connectivity index (χ1n) is 7.33. The number of aliphatic carboxylic acids is 1. The first-order chi connectivity index (χ1) is 12.4. The molecule has 4 N–H and O–H groups in total. The number of hydrogen-bond donors (Lipinski definition) is 4. The monoisotopic (exact) mass is 380 g/mol. The smallest absolute Gasteiger partial charge is 0.322 e. The molecule has 1 unspecified atom stereocenters. The third-order valence-corrected chi connectivity index (χ3v) is 4.22. The first-order valence-corrected chi connectivity index (χ1v) is 8.21. The Morgan fingerprint density at radius 2 is 2.23 bits per heavy atom. The summed E-state index contributed by atoms with van der Waals surface area (Å²) >= 11 is 1.03. The van der Waals surface area contributed by atoms with E-state index >= 15 is 0 Å². The molecule has 0 radical (unpaired) electrons. The molecule has 0 spiro atoms. The van der Waals surface area contributed by atoms with Crippen LogP contribution < -0.4 is 15.4 Å². The van der Waals surface area contributed by atoms with Gasteiger partial charge >= 0.3 is 5.97 Å². The lowest BCUT2D eigenvalue weighted by Crippen LogP contribution is -2.33. The zero-order chi connectivity index (χ0) is 19.1. The highest BCUT2D eigenvalue weighted by Gasteiger charge is 2.32. The SMILES string of the molecule is COc1cc(/C=N/N=C2\NC(=O)C(CC(=O)NCC(=O)O)S2)ccc1O. The van der Waals surface area contributed by atoms with Crippen LogP contribution in [0, 0.1) is 0 Å². The van der Waals surface area contributed by atoms with Crippen molar-refractivity contribution in [3.63, 3.8) is 0 Å². The second-order valence-electron chi connectivity index (χ2n) is 5.05. The summed E-state index contributed by atoms with van der Waals surface area (Å²) in [6, 6.07) is 4.62. The molecule has 0 aromatic heterocycles. The molecule has 1 heterocycles. The Hall–Kier alpha value is -3.08. The van der Waals surface area contributed by atoms with Gasteiger partial charge in [-0.3, -0.25) is 14.4 Å². The Morgan fingerprint density at radius 3 is 2.92 bits per heavy atom. The van der Waals surface area contributed by atoms with Crippen molar-refractivity contribution in [2.45, 2.75) is 11.7 Å². The van der Waals surface area contributed by atoms with Gasteiger partial charge in [-0.15, -0.1) is 5.10 Å². The highest BCUT2D eigenvalue weighted by atomic mass is 32.2. The standard InChI is InChI=1S/C15H16N4O6S/c1-25-10-4-8(2-3-9(10)20)6-17-19-15-18-14(24)11(26-15)5-12(21)16-7-13(22)23/h2-4,6,11,20H,5,7H2,1H3,(H,16,21)(H,22,23)(H,18,19,24)/b17-6+. The van der Waals surface area contributed by atoms with Crippen molar-refractivity contribution in [2.24, 2.45) is 10.2 Å². The highest BCUT2D eigenvalue weighted by Crippen LogP contribution is 2.25. The van der Waals surface area contributed by atoms with Crippen molar-refractivity contribution in [1.82, 2.24) is 10.6 Å². The number of thioether (sulfide) groups is 1. The van der Waals surface area contributed by atoms with E-state index in [4.69, 9.17) is 9.84 Å². The van der Waals surface area contributed by atoms with Crippen molar-refractivity contribution >= 4 is 40.9 Å². The fourth-order valence-electron chi connectivity index (χ4n) is 1.92. The van der Waals surface area contributed by atoms with Gasteiger partial charge in [0, 0.05) is 6.42 Å². The summed E-state index contributed by atoms with van der Waals surface area (Å²) in [5, 5.41) is 29.9. The lowest BCUT2D eigenvalue weighted by molar-refractivity contribution is -0.137. The molecule has 1 aliphatic rings. The molecule has 2 rings (SSSR count). The summed E-state index contributed by atoms with van der Waals surface area (Å²) < 4.78 is 4.98. The number of nitrogens with one attached hydrogen (secondary N) is 2. The van der Waals surface area contributed by atoms with E-state index in [1.165, 1.54) is 19.4 Å². The van der Waals surface area contributed by atoms with Gasteiger partial charge < -0.3 is 25.6 Å². The third-order valence-electron chi connectivity index (χ3n) is 3.14. The molecule has 1 aromatic carbocycles. The lowest BCUT2D eigenvalue weighted by atomic mass is 10.2. The second kappa shape index (κ2) is 8.85. The number of carboxylic acid groups (broad SMARTS) is 1.